The van der Waals surface area contributed by atoms with Crippen LogP contribution in [-0.2, 0) is 0 Å². The maximum Gasteiger partial charge on any atom is 0.446 e. The molecule has 130 valence electrons. The minimum absolute atomic E-state index is 0.0427. The lowest BCUT2D eigenvalue weighted by atomic mass is 10.0. The summed E-state index contributed by atoms with van der Waals surface area (Å²) in [5.74, 6) is -0.219. The molecule has 0 amide bonds. The average molecular weight is 355 g/mol. The summed E-state index contributed by atoms with van der Waals surface area (Å²) >= 11 is -0.270. The van der Waals surface area contributed by atoms with E-state index >= 15 is 0 Å². The normalized spacial score (nSPS) is 12.5. The zero-order valence-electron chi connectivity index (χ0n) is 13.7. The molecule has 6 heteroatoms. The number of benzene rings is 1. The van der Waals surface area contributed by atoms with E-state index in [0.717, 1.165) is 12.0 Å². The Balaban J connectivity index is 2.88. The van der Waals surface area contributed by atoms with E-state index in [9.17, 15) is 18.0 Å². The van der Waals surface area contributed by atoms with Crippen molar-refractivity contribution in [3.8, 4) is 6.07 Å². The Morgan fingerprint density at radius 3 is 2.29 bits per heavy atom. The molecular formula is C18H20F3NOS. The molecular weight excluding hydrogens is 335 g/mol. The van der Waals surface area contributed by atoms with E-state index in [0.29, 0.717) is 18.4 Å². The van der Waals surface area contributed by atoms with E-state index in [2.05, 4.69) is 0 Å². The van der Waals surface area contributed by atoms with Gasteiger partial charge in [0.15, 0.2) is 5.78 Å². The second kappa shape index (κ2) is 9.53. The van der Waals surface area contributed by atoms with Gasteiger partial charge >= 0.3 is 5.51 Å². The highest BCUT2D eigenvalue weighted by molar-refractivity contribution is 8.03. The Morgan fingerprint density at radius 1 is 1.17 bits per heavy atom. The summed E-state index contributed by atoms with van der Waals surface area (Å²) < 4.78 is 38.3. The first-order valence-electron chi connectivity index (χ1n) is 7.74. The van der Waals surface area contributed by atoms with Gasteiger partial charge in [0, 0.05) is 22.5 Å². The fourth-order valence-electron chi connectivity index (χ4n) is 2.13. The zero-order chi connectivity index (χ0) is 18.2. The SMILES string of the molecule is CCCC/C(C#N)=C(/CCC(=O)c1ccc(C)cc1)SC(F)(F)F. The third-order valence-electron chi connectivity index (χ3n) is 3.44. The number of hydrogen-bond acceptors (Lipinski definition) is 3. The number of allylic oxidation sites excluding steroid dienone is 2. The monoisotopic (exact) mass is 355 g/mol. The number of unbranched alkanes of at least 4 members (excludes halogenated alkanes) is 1. The lowest BCUT2D eigenvalue weighted by Crippen LogP contribution is -2.05. The van der Waals surface area contributed by atoms with Crippen molar-refractivity contribution in [2.45, 2.75) is 51.5 Å². The van der Waals surface area contributed by atoms with Gasteiger partial charge < -0.3 is 0 Å². The maximum absolute atomic E-state index is 12.8. The molecule has 0 bridgehead atoms. The third kappa shape index (κ3) is 7.22. The Morgan fingerprint density at radius 2 is 1.79 bits per heavy atom. The van der Waals surface area contributed by atoms with Gasteiger partial charge in [0.2, 0.25) is 0 Å². The van der Waals surface area contributed by atoms with Crippen molar-refractivity contribution in [3.63, 3.8) is 0 Å². The van der Waals surface area contributed by atoms with Crippen molar-refractivity contribution in [3.05, 3.63) is 45.9 Å². The van der Waals surface area contributed by atoms with Crippen LogP contribution in [0.3, 0.4) is 0 Å². The summed E-state index contributed by atoms with van der Waals surface area (Å²) in [4.78, 5) is 12.1. The number of carbonyl (C=O) groups is 1. The molecule has 0 aliphatic carbocycles. The highest BCUT2D eigenvalue weighted by Crippen LogP contribution is 2.40. The Labute approximate surface area is 144 Å². The van der Waals surface area contributed by atoms with Gasteiger partial charge in [-0.2, -0.15) is 18.4 Å². The van der Waals surface area contributed by atoms with E-state index < -0.39 is 5.51 Å². The molecule has 2 nitrogen and oxygen atoms in total. The lowest BCUT2D eigenvalue weighted by molar-refractivity contribution is -0.0322. The number of thioether (sulfide) groups is 1. The number of alkyl halides is 3. The van der Waals surface area contributed by atoms with Gasteiger partial charge in [-0.3, -0.25) is 4.79 Å². The Hall–Kier alpha value is -1.74. The van der Waals surface area contributed by atoms with Crippen LogP contribution in [0, 0.1) is 18.3 Å². The van der Waals surface area contributed by atoms with Gasteiger partial charge in [-0.1, -0.05) is 43.2 Å². The first-order chi connectivity index (χ1) is 11.3. The zero-order valence-corrected chi connectivity index (χ0v) is 14.6. The Kier molecular flexibility index (Phi) is 8.06. The van der Waals surface area contributed by atoms with Crippen LogP contribution in [-0.4, -0.2) is 11.3 Å². The van der Waals surface area contributed by atoms with Crippen molar-refractivity contribution in [1.82, 2.24) is 0 Å². The molecule has 0 N–H and O–H groups in total. The van der Waals surface area contributed by atoms with Crippen LogP contribution in [0.5, 0.6) is 0 Å². The topological polar surface area (TPSA) is 40.9 Å². The molecule has 0 aliphatic rings. The van der Waals surface area contributed by atoms with Gasteiger partial charge in [-0.05, 0) is 37.9 Å². The van der Waals surface area contributed by atoms with Crippen LogP contribution in [0.25, 0.3) is 0 Å². The molecule has 0 atom stereocenters. The van der Waals surface area contributed by atoms with Gasteiger partial charge in [-0.25, -0.2) is 0 Å². The van der Waals surface area contributed by atoms with E-state index in [1.54, 1.807) is 24.3 Å². The molecule has 1 aromatic rings. The summed E-state index contributed by atoms with van der Waals surface area (Å²) in [6, 6.07) is 8.79. The van der Waals surface area contributed by atoms with Crippen molar-refractivity contribution in [1.29, 1.82) is 5.26 Å². The van der Waals surface area contributed by atoms with Crippen LogP contribution in [0.4, 0.5) is 13.2 Å². The van der Waals surface area contributed by atoms with E-state index in [4.69, 9.17) is 5.26 Å². The molecule has 1 rings (SSSR count). The van der Waals surface area contributed by atoms with Crippen LogP contribution < -0.4 is 0 Å². The number of nitriles is 1. The molecule has 0 aliphatic heterocycles. The third-order valence-corrected chi connectivity index (χ3v) is 4.37. The average Bonchev–Trinajstić information content (AvgIpc) is 2.52. The molecule has 0 saturated heterocycles. The smallest absolute Gasteiger partial charge is 0.294 e. The number of Topliss-reactive ketones (excluding diaryl/α,β-unsaturated/α-hetero) is 1. The van der Waals surface area contributed by atoms with Gasteiger partial charge in [0.05, 0.1) is 6.07 Å². The van der Waals surface area contributed by atoms with E-state index in [1.807, 2.05) is 19.9 Å². The molecule has 1 aromatic carbocycles. The van der Waals surface area contributed by atoms with Crippen molar-refractivity contribution in [2.24, 2.45) is 0 Å². The summed E-state index contributed by atoms with van der Waals surface area (Å²) in [6.45, 7) is 3.80. The number of halogens is 3. The fraction of sp³-hybridized carbons (Fsp3) is 0.444. The maximum atomic E-state index is 12.8. The molecule has 0 aromatic heterocycles. The predicted molar refractivity (Wildman–Crippen MR) is 90.6 cm³/mol. The Bertz CT molecular complexity index is 627. The number of hydrogen-bond donors (Lipinski definition) is 0. The second-order valence-electron chi connectivity index (χ2n) is 5.45. The quantitative estimate of drug-likeness (QED) is 0.413. The lowest BCUT2D eigenvalue weighted by Gasteiger charge is -2.12. The summed E-state index contributed by atoms with van der Waals surface area (Å²) in [5, 5.41) is 9.16. The predicted octanol–water partition coefficient (Wildman–Crippen LogP) is 6.18. The number of carbonyl (C=O) groups excluding carboxylic acids is 1. The standard InChI is InChI=1S/C18H20F3NOS/c1-3-4-5-15(12-22)17(24-18(19,20)21)11-10-16(23)14-8-6-13(2)7-9-14/h6-9H,3-5,10-11H2,1-2H3/b17-15+. The van der Waals surface area contributed by atoms with E-state index in [-0.39, 0.29) is 40.9 Å². The van der Waals surface area contributed by atoms with Gasteiger partial charge in [0.1, 0.15) is 0 Å². The molecule has 0 unspecified atom stereocenters. The molecule has 0 spiro atoms. The number of ketones is 1. The minimum atomic E-state index is -4.46. The van der Waals surface area contributed by atoms with Crippen molar-refractivity contribution < 1.29 is 18.0 Å². The highest BCUT2D eigenvalue weighted by Gasteiger charge is 2.31. The van der Waals surface area contributed by atoms with Gasteiger partial charge in [-0.15, -0.1) is 0 Å². The van der Waals surface area contributed by atoms with Crippen LogP contribution in [0.2, 0.25) is 0 Å². The number of nitrogens with zero attached hydrogens (tertiary/aromatic N) is 1. The molecule has 0 radical (unpaired) electrons. The second-order valence-corrected chi connectivity index (χ2v) is 6.61. The first kappa shape index (κ1) is 20.3. The fourth-order valence-corrected chi connectivity index (χ4v) is 2.88. The summed E-state index contributed by atoms with van der Waals surface area (Å²) in [7, 11) is 0. The highest BCUT2D eigenvalue weighted by atomic mass is 32.2. The van der Waals surface area contributed by atoms with Crippen molar-refractivity contribution in [2.75, 3.05) is 0 Å². The molecule has 24 heavy (non-hydrogen) atoms. The first-order valence-corrected chi connectivity index (χ1v) is 8.56. The molecule has 0 fully saturated rings. The summed E-state index contributed by atoms with van der Waals surface area (Å²) in [5.41, 5.74) is -2.85. The molecule has 0 saturated carbocycles. The molecule has 0 heterocycles. The van der Waals surface area contributed by atoms with Crippen molar-refractivity contribution >= 4 is 17.5 Å². The summed E-state index contributed by atoms with van der Waals surface area (Å²) in [6.07, 6.45) is 1.64. The number of rotatable bonds is 8. The van der Waals surface area contributed by atoms with Crippen LogP contribution >= 0.6 is 11.8 Å². The van der Waals surface area contributed by atoms with Crippen LogP contribution in [0.1, 0.15) is 54.9 Å². The minimum Gasteiger partial charge on any atom is -0.294 e. The van der Waals surface area contributed by atoms with Crippen LogP contribution in [0.15, 0.2) is 34.7 Å². The number of aryl methyl sites for hydroxylation is 1. The van der Waals surface area contributed by atoms with E-state index in [1.165, 1.54) is 0 Å². The van der Waals surface area contributed by atoms with Gasteiger partial charge in [0.25, 0.3) is 0 Å². The largest absolute Gasteiger partial charge is 0.446 e.